The molecule has 1 heterocycles. The first-order valence-electron chi connectivity index (χ1n) is 5.60. The van der Waals surface area contributed by atoms with Gasteiger partial charge in [-0.25, -0.2) is 0 Å². The first-order valence-corrected chi connectivity index (χ1v) is 5.60. The van der Waals surface area contributed by atoms with Crippen molar-refractivity contribution >= 4 is 5.97 Å². The standard InChI is InChI=1S/C12H20N2O3/c1-8(11(16)17-12(2,3)4)10(15)9-6-13-14(5)7-9/h6-8,10,15H,1-5H3. The highest BCUT2D eigenvalue weighted by atomic mass is 16.6. The number of ether oxygens (including phenoxy) is 1. The van der Waals surface area contributed by atoms with E-state index in [1.54, 1.807) is 51.8 Å². The molecule has 0 amide bonds. The largest absolute Gasteiger partial charge is 0.460 e. The average molecular weight is 240 g/mol. The van der Waals surface area contributed by atoms with E-state index in [9.17, 15) is 9.90 Å². The summed E-state index contributed by atoms with van der Waals surface area (Å²) in [5, 5.41) is 14.0. The Morgan fingerprint density at radius 2 is 2.12 bits per heavy atom. The second-order valence-corrected chi connectivity index (χ2v) is 5.21. The van der Waals surface area contributed by atoms with Crippen LogP contribution in [0, 0.1) is 5.92 Å². The molecule has 0 aliphatic carbocycles. The van der Waals surface area contributed by atoms with Gasteiger partial charge < -0.3 is 9.84 Å². The van der Waals surface area contributed by atoms with Gasteiger partial charge in [0.2, 0.25) is 0 Å². The van der Waals surface area contributed by atoms with Gasteiger partial charge in [0, 0.05) is 18.8 Å². The van der Waals surface area contributed by atoms with E-state index >= 15 is 0 Å². The van der Waals surface area contributed by atoms with Crippen molar-refractivity contribution in [2.45, 2.75) is 39.4 Å². The fourth-order valence-electron chi connectivity index (χ4n) is 1.41. The smallest absolute Gasteiger partial charge is 0.312 e. The van der Waals surface area contributed by atoms with Crippen LogP contribution >= 0.6 is 0 Å². The summed E-state index contributed by atoms with van der Waals surface area (Å²) < 4.78 is 6.81. The Kier molecular flexibility index (Phi) is 3.93. The molecule has 1 aromatic rings. The second-order valence-electron chi connectivity index (χ2n) is 5.21. The molecule has 1 N–H and O–H groups in total. The first kappa shape index (κ1) is 13.7. The highest BCUT2D eigenvalue weighted by Gasteiger charge is 2.28. The zero-order valence-corrected chi connectivity index (χ0v) is 11.0. The van der Waals surface area contributed by atoms with E-state index < -0.39 is 23.6 Å². The number of aromatic nitrogens is 2. The molecule has 5 nitrogen and oxygen atoms in total. The third-order valence-electron chi connectivity index (χ3n) is 2.32. The fraction of sp³-hybridized carbons (Fsp3) is 0.667. The van der Waals surface area contributed by atoms with E-state index in [0.29, 0.717) is 5.56 Å². The number of carbonyl (C=O) groups is 1. The molecule has 2 atom stereocenters. The summed E-state index contributed by atoms with van der Waals surface area (Å²) in [6, 6.07) is 0. The van der Waals surface area contributed by atoms with Gasteiger partial charge in [-0.1, -0.05) is 0 Å². The highest BCUT2D eigenvalue weighted by molar-refractivity contribution is 5.73. The molecular weight excluding hydrogens is 220 g/mol. The van der Waals surface area contributed by atoms with Crippen molar-refractivity contribution in [3.05, 3.63) is 18.0 Å². The van der Waals surface area contributed by atoms with Crippen molar-refractivity contribution in [3.63, 3.8) is 0 Å². The van der Waals surface area contributed by atoms with Gasteiger partial charge in [0.1, 0.15) is 5.60 Å². The molecule has 0 radical (unpaired) electrons. The molecule has 5 heteroatoms. The monoisotopic (exact) mass is 240 g/mol. The maximum absolute atomic E-state index is 11.8. The number of carbonyl (C=O) groups excluding carboxylic acids is 1. The van der Waals surface area contributed by atoms with Gasteiger partial charge in [0.15, 0.2) is 0 Å². The Hall–Kier alpha value is -1.36. The normalized spacial score (nSPS) is 15.4. The van der Waals surface area contributed by atoms with Crippen LogP contribution in [0.25, 0.3) is 0 Å². The van der Waals surface area contributed by atoms with Crippen LogP contribution in [0.15, 0.2) is 12.4 Å². The molecular formula is C12H20N2O3. The van der Waals surface area contributed by atoms with E-state index in [-0.39, 0.29) is 0 Å². The van der Waals surface area contributed by atoms with Gasteiger partial charge in [-0.05, 0) is 27.7 Å². The topological polar surface area (TPSA) is 64.3 Å². The maximum atomic E-state index is 11.8. The number of aryl methyl sites for hydroxylation is 1. The van der Waals surface area contributed by atoms with Crippen molar-refractivity contribution in [2.75, 3.05) is 0 Å². The summed E-state index contributed by atoms with van der Waals surface area (Å²) in [6.45, 7) is 7.04. The van der Waals surface area contributed by atoms with Crippen LogP contribution in [-0.2, 0) is 16.6 Å². The number of hydrogen-bond acceptors (Lipinski definition) is 4. The molecule has 0 fully saturated rings. The average Bonchev–Trinajstić information content (AvgIpc) is 2.60. The molecule has 0 saturated heterocycles. The summed E-state index contributed by atoms with van der Waals surface area (Å²) >= 11 is 0. The lowest BCUT2D eigenvalue weighted by Crippen LogP contribution is -2.30. The first-order chi connectivity index (χ1) is 7.70. The Morgan fingerprint density at radius 1 is 1.53 bits per heavy atom. The van der Waals surface area contributed by atoms with Gasteiger partial charge in [-0.3, -0.25) is 9.48 Å². The number of aliphatic hydroxyl groups is 1. The third kappa shape index (κ3) is 3.85. The number of nitrogens with zero attached hydrogens (tertiary/aromatic N) is 2. The summed E-state index contributed by atoms with van der Waals surface area (Å²) in [7, 11) is 1.76. The van der Waals surface area contributed by atoms with Gasteiger partial charge in [0.05, 0.1) is 18.2 Å². The molecule has 0 aliphatic heterocycles. The van der Waals surface area contributed by atoms with Gasteiger partial charge in [0.25, 0.3) is 0 Å². The molecule has 96 valence electrons. The van der Waals surface area contributed by atoms with E-state index in [2.05, 4.69) is 5.10 Å². The molecule has 2 unspecified atom stereocenters. The molecule has 0 spiro atoms. The minimum atomic E-state index is -0.890. The Morgan fingerprint density at radius 3 is 2.53 bits per heavy atom. The van der Waals surface area contributed by atoms with Crippen LogP contribution in [0.1, 0.15) is 39.4 Å². The van der Waals surface area contributed by atoms with Crippen molar-refractivity contribution in [1.29, 1.82) is 0 Å². The molecule has 0 aromatic carbocycles. The quantitative estimate of drug-likeness (QED) is 0.812. The molecule has 17 heavy (non-hydrogen) atoms. The maximum Gasteiger partial charge on any atom is 0.312 e. The lowest BCUT2D eigenvalue weighted by atomic mass is 10.00. The Labute approximate surface area is 101 Å². The lowest BCUT2D eigenvalue weighted by molar-refractivity contribution is -0.163. The fourth-order valence-corrected chi connectivity index (χ4v) is 1.41. The van der Waals surface area contributed by atoms with Crippen molar-refractivity contribution < 1.29 is 14.6 Å². The van der Waals surface area contributed by atoms with Crippen LogP contribution in [0.4, 0.5) is 0 Å². The molecule has 0 bridgehead atoms. The van der Waals surface area contributed by atoms with Crippen LogP contribution in [0.3, 0.4) is 0 Å². The summed E-state index contributed by atoms with van der Waals surface area (Å²) in [5.74, 6) is -1.02. The SMILES string of the molecule is CC(C(=O)OC(C)(C)C)C(O)c1cnn(C)c1. The zero-order valence-electron chi connectivity index (χ0n) is 11.0. The van der Waals surface area contributed by atoms with Gasteiger partial charge >= 0.3 is 5.97 Å². The van der Waals surface area contributed by atoms with E-state index in [1.165, 1.54) is 0 Å². The number of aliphatic hydroxyl groups excluding tert-OH is 1. The third-order valence-corrected chi connectivity index (χ3v) is 2.32. The van der Waals surface area contributed by atoms with Crippen LogP contribution in [0.5, 0.6) is 0 Å². The summed E-state index contributed by atoms with van der Waals surface area (Å²) in [6.07, 6.45) is 2.34. The van der Waals surface area contributed by atoms with E-state index in [0.717, 1.165) is 0 Å². The van der Waals surface area contributed by atoms with E-state index in [1.807, 2.05) is 0 Å². The second kappa shape index (κ2) is 4.87. The number of esters is 1. The predicted octanol–water partition coefficient (Wildman–Crippen LogP) is 1.43. The zero-order chi connectivity index (χ0) is 13.2. The van der Waals surface area contributed by atoms with E-state index in [4.69, 9.17) is 4.74 Å². The Balaban J connectivity index is 2.70. The van der Waals surface area contributed by atoms with Crippen LogP contribution in [0.2, 0.25) is 0 Å². The summed E-state index contributed by atoms with van der Waals surface area (Å²) in [4.78, 5) is 11.8. The predicted molar refractivity (Wildman–Crippen MR) is 63.2 cm³/mol. The van der Waals surface area contributed by atoms with Gasteiger partial charge in [-0.2, -0.15) is 5.10 Å². The van der Waals surface area contributed by atoms with Crippen molar-refractivity contribution in [3.8, 4) is 0 Å². The van der Waals surface area contributed by atoms with Gasteiger partial charge in [-0.15, -0.1) is 0 Å². The minimum Gasteiger partial charge on any atom is -0.460 e. The van der Waals surface area contributed by atoms with Crippen molar-refractivity contribution in [1.82, 2.24) is 9.78 Å². The molecule has 1 rings (SSSR count). The number of rotatable bonds is 3. The molecule has 1 aromatic heterocycles. The van der Waals surface area contributed by atoms with Crippen LogP contribution < -0.4 is 0 Å². The minimum absolute atomic E-state index is 0.408. The molecule has 0 aliphatic rings. The highest BCUT2D eigenvalue weighted by Crippen LogP contribution is 2.24. The number of hydrogen-bond donors (Lipinski definition) is 1. The molecule has 0 saturated carbocycles. The lowest BCUT2D eigenvalue weighted by Gasteiger charge is -2.24. The Bertz CT molecular complexity index is 393. The van der Waals surface area contributed by atoms with Crippen molar-refractivity contribution in [2.24, 2.45) is 13.0 Å². The van der Waals surface area contributed by atoms with Crippen LogP contribution in [-0.4, -0.2) is 26.5 Å². The summed E-state index contributed by atoms with van der Waals surface area (Å²) in [5.41, 5.74) is 0.0749.